The molecule has 0 saturated heterocycles. The number of carbonyl (C=O) groups excluding carboxylic acids is 6. The molecule has 4 rings (SSSR count). The number of carbonyl (C=O) groups is 6. The van der Waals surface area contributed by atoms with Crippen LogP contribution in [0.15, 0.2) is 54.6 Å². The van der Waals surface area contributed by atoms with Gasteiger partial charge in [0.25, 0.3) is 11.8 Å². The maximum absolute atomic E-state index is 13.4. The van der Waals surface area contributed by atoms with Crippen molar-refractivity contribution < 1.29 is 43.7 Å². The van der Waals surface area contributed by atoms with Gasteiger partial charge in [0.05, 0.1) is 12.1 Å². The van der Waals surface area contributed by atoms with E-state index < -0.39 is 23.9 Å². The molecule has 4 aromatic rings. The number of likely N-dealkylation sites (N-methyl/N-ethyl adjacent to an activating group) is 1. The van der Waals surface area contributed by atoms with E-state index >= 15 is 0 Å². The van der Waals surface area contributed by atoms with Crippen molar-refractivity contribution >= 4 is 42.3 Å². The Kier molecular flexibility index (Phi) is 14.8. The predicted octanol–water partition coefficient (Wildman–Crippen LogP) is 4.25. The summed E-state index contributed by atoms with van der Waals surface area (Å²) in [6.45, 7) is 9.34. The summed E-state index contributed by atoms with van der Waals surface area (Å²) in [5.74, 6) is -1.86. The lowest BCUT2D eigenvalue weighted by molar-refractivity contribution is -0.135. The van der Waals surface area contributed by atoms with Gasteiger partial charge >= 0.3 is 6.09 Å². The molecule has 3 aromatic carbocycles. The monoisotopic (exact) mass is 784 g/mol. The number of nitrogens with zero attached hydrogens (tertiary/aromatic N) is 5. The third kappa shape index (κ3) is 10.3. The topological polar surface area (TPSA) is 225 Å². The molecule has 0 fully saturated rings. The van der Waals surface area contributed by atoms with Crippen LogP contribution >= 0.6 is 0 Å². The molecule has 1 aromatic heterocycles. The normalized spacial score (nSPS) is 11.4. The first-order valence-corrected chi connectivity index (χ1v) is 18.4. The predicted molar refractivity (Wildman–Crippen MR) is 210 cm³/mol. The Morgan fingerprint density at radius 2 is 1.70 bits per heavy atom. The molecule has 1 atom stereocenters. The Balaban J connectivity index is 1.46. The fraction of sp³-hybridized carbons (Fsp3) is 0.350. The maximum Gasteiger partial charge on any atom is 0.411 e. The van der Waals surface area contributed by atoms with Crippen LogP contribution in [0.25, 0.3) is 17.1 Å². The van der Waals surface area contributed by atoms with Crippen molar-refractivity contribution in [2.45, 2.75) is 66.0 Å². The molecule has 302 valence electrons. The molecule has 17 heteroatoms. The molecule has 5 N–H and O–H groups in total. The minimum Gasteiger partial charge on any atom is -0.508 e. The number of hydrogen-bond donors (Lipinski definition) is 5. The number of amides is 6. The highest BCUT2D eigenvalue weighted by molar-refractivity contribution is 5.95. The van der Waals surface area contributed by atoms with Crippen molar-refractivity contribution in [2.75, 3.05) is 32.1 Å². The summed E-state index contributed by atoms with van der Waals surface area (Å²) in [4.78, 5) is 77.4. The number of nitrogens with one attached hydrogen (secondary N) is 3. The van der Waals surface area contributed by atoms with Crippen molar-refractivity contribution in [3.63, 3.8) is 0 Å². The lowest BCUT2D eigenvalue weighted by Crippen LogP contribution is -2.45. The lowest BCUT2D eigenvalue weighted by atomic mass is 9.98. The Hall–Kier alpha value is -6.78. The second kappa shape index (κ2) is 19.7. The number of rotatable bonds is 18. The maximum atomic E-state index is 13.4. The van der Waals surface area contributed by atoms with Gasteiger partial charge in [0.2, 0.25) is 24.6 Å². The van der Waals surface area contributed by atoms with Gasteiger partial charge < -0.3 is 30.1 Å². The molecular formula is C40H48N8O9. The molecule has 0 aliphatic carbocycles. The van der Waals surface area contributed by atoms with Crippen LogP contribution in [-0.4, -0.2) is 104 Å². The molecule has 0 aliphatic rings. The largest absolute Gasteiger partial charge is 0.508 e. The number of aromatic hydroxyl groups is 2. The van der Waals surface area contributed by atoms with Crippen LogP contribution in [-0.2, 0) is 25.7 Å². The summed E-state index contributed by atoms with van der Waals surface area (Å²) in [6, 6.07) is 13.4. The molecule has 0 bridgehead atoms. The number of ether oxygens (including phenoxy) is 1. The van der Waals surface area contributed by atoms with E-state index in [2.05, 4.69) is 26.1 Å². The summed E-state index contributed by atoms with van der Waals surface area (Å²) in [5.41, 5.74) is 3.17. The lowest BCUT2D eigenvalue weighted by Gasteiger charge is -2.28. The van der Waals surface area contributed by atoms with Gasteiger partial charge in [0.1, 0.15) is 24.1 Å². The fourth-order valence-electron chi connectivity index (χ4n) is 6.13. The molecule has 0 saturated carbocycles. The van der Waals surface area contributed by atoms with Crippen LogP contribution in [0, 0.1) is 6.92 Å². The van der Waals surface area contributed by atoms with E-state index in [9.17, 15) is 39.0 Å². The Morgan fingerprint density at radius 3 is 2.33 bits per heavy atom. The van der Waals surface area contributed by atoms with Gasteiger partial charge in [-0.05, 0) is 79.3 Å². The van der Waals surface area contributed by atoms with E-state index in [0.29, 0.717) is 53.9 Å². The Labute approximate surface area is 330 Å². The van der Waals surface area contributed by atoms with E-state index in [4.69, 9.17) is 4.74 Å². The van der Waals surface area contributed by atoms with Gasteiger partial charge in [-0.3, -0.25) is 39.2 Å². The minimum atomic E-state index is -0.899. The van der Waals surface area contributed by atoms with E-state index in [1.807, 2.05) is 20.8 Å². The number of aromatic nitrogens is 3. The molecule has 57 heavy (non-hydrogen) atoms. The van der Waals surface area contributed by atoms with Crippen LogP contribution in [0.1, 0.15) is 84.1 Å². The molecular weight excluding hydrogens is 736 g/mol. The second-order valence-electron chi connectivity index (χ2n) is 13.5. The third-order valence-corrected chi connectivity index (χ3v) is 9.18. The van der Waals surface area contributed by atoms with Gasteiger partial charge in [-0.15, -0.1) is 10.2 Å². The van der Waals surface area contributed by atoms with Crippen LogP contribution in [0.2, 0.25) is 0 Å². The number of imide groups is 1. The Bertz CT molecular complexity index is 2100. The first-order valence-electron chi connectivity index (χ1n) is 18.4. The number of anilines is 1. The second-order valence-corrected chi connectivity index (χ2v) is 13.5. The van der Waals surface area contributed by atoms with Crippen LogP contribution in [0.3, 0.4) is 0 Å². The minimum absolute atomic E-state index is 0.0248. The highest BCUT2D eigenvalue weighted by Crippen LogP contribution is 2.38. The van der Waals surface area contributed by atoms with Gasteiger partial charge in [0.15, 0.2) is 5.82 Å². The van der Waals surface area contributed by atoms with E-state index in [-0.39, 0.29) is 66.6 Å². The molecule has 0 aliphatic heterocycles. The summed E-state index contributed by atoms with van der Waals surface area (Å²) in [5, 5.41) is 37.0. The van der Waals surface area contributed by atoms with Crippen LogP contribution in [0.5, 0.6) is 11.5 Å². The standard InChI is InChI=1S/C40H48N8O9/c1-7-10-32(37(53)42-22-49)47(23-50)21-30-25(5)11-9-12-31(30)43-40(56)57-18-17-46(6)39(55)26-13-15-27(16-14-26)48-35(44-45-36(48)38(54)41-8-2)29-19-28(24(3)4)33(51)20-34(29)52/h9,11-16,19-20,22-24,32,51-52H,7-8,10,17-18,21H2,1-6H3,(H,41,54)(H,43,56)(H,42,49,53). The molecule has 0 radical (unpaired) electrons. The quantitative estimate of drug-likeness (QED) is 0.0897. The zero-order chi connectivity index (χ0) is 41.8. The van der Waals surface area contributed by atoms with Crippen LogP contribution < -0.4 is 16.0 Å². The number of benzene rings is 3. The summed E-state index contributed by atoms with van der Waals surface area (Å²) in [7, 11) is 1.54. The molecule has 6 amide bonds. The van der Waals surface area contributed by atoms with Crippen molar-refractivity contribution in [1.29, 1.82) is 0 Å². The summed E-state index contributed by atoms with van der Waals surface area (Å²) < 4.78 is 6.84. The number of phenolic OH excluding ortho intramolecular Hbond substituents is 2. The molecule has 1 heterocycles. The Morgan fingerprint density at radius 1 is 0.982 bits per heavy atom. The fourth-order valence-corrected chi connectivity index (χ4v) is 6.13. The zero-order valence-electron chi connectivity index (χ0n) is 32.7. The first kappa shape index (κ1) is 43.0. The zero-order valence-corrected chi connectivity index (χ0v) is 32.7. The molecule has 0 spiro atoms. The van der Waals surface area contributed by atoms with E-state index in [1.165, 1.54) is 20.4 Å². The molecule has 17 nitrogen and oxygen atoms in total. The number of hydrogen-bond acceptors (Lipinski definition) is 11. The van der Waals surface area contributed by atoms with Gasteiger partial charge in [0, 0.05) is 43.1 Å². The summed E-state index contributed by atoms with van der Waals surface area (Å²) >= 11 is 0. The van der Waals surface area contributed by atoms with Crippen molar-refractivity contribution in [1.82, 2.24) is 35.2 Å². The average Bonchev–Trinajstić information content (AvgIpc) is 3.62. The summed E-state index contributed by atoms with van der Waals surface area (Å²) in [6.07, 6.45) is 0.886. The van der Waals surface area contributed by atoms with Gasteiger partial charge in [-0.1, -0.05) is 39.3 Å². The third-order valence-electron chi connectivity index (χ3n) is 9.18. The van der Waals surface area contributed by atoms with Crippen LogP contribution in [0.4, 0.5) is 10.5 Å². The average molecular weight is 785 g/mol. The molecule has 1 unspecified atom stereocenters. The number of phenols is 2. The van der Waals surface area contributed by atoms with E-state index in [0.717, 1.165) is 5.56 Å². The first-order chi connectivity index (χ1) is 27.3. The highest BCUT2D eigenvalue weighted by atomic mass is 16.5. The van der Waals surface area contributed by atoms with Crippen molar-refractivity contribution in [3.8, 4) is 28.6 Å². The van der Waals surface area contributed by atoms with E-state index in [1.54, 1.807) is 69.4 Å². The smallest absolute Gasteiger partial charge is 0.411 e. The SMILES string of the molecule is CCCC(C(=O)NC=O)N(C=O)Cc1c(C)cccc1NC(=O)OCCN(C)C(=O)c1ccc(-n2c(C(=O)NCC)nnc2-c2cc(C(C)C)c(O)cc2O)cc1. The number of aryl methyl sites for hydroxylation is 1. The van der Waals surface area contributed by atoms with Gasteiger partial charge in [-0.25, -0.2) is 4.79 Å². The van der Waals surface area contributed by atoms with Crippen molar-refractivity contribution in [3.05, 3.63) is 82.7 Å². The van der Waals surface area contributed by atoms with Crippen molar-refractivity contribution in [2.24, 2.45) is 0 Å². The highest BCUT2D eigenvalue weighted by Gasteiger charge is 2.27. The van der Waals surface area contributed by atoms with Gasteiger partial charge in [-0.2, -0.15) is 0 Å².